The molecule has 2 heterocycles. The van der Waals surface area contributed by atoms with E-state index in [-0.39, 0.29) is 0 Å². The van der Waals surface area contributed by atoms with E-state index in [1.165, 1.54) is 17.8 Å². The Kier molecular flexibility index (Phi) is 3.23. The van der Waals surface area contributed by atoms with Crippen LogP contribution in [0.15, 0.2) is 52.6 Å². The molecule has 3 aromatic rings. The largest absolute Gasteiger partial charge is 0.384 e. The first kappa shape index (κ1) is 12.2. The Morgan fingerprint density at radius 3 is 2.84 bits per heavy atom. The van der Waals surface area contributed by atoms with Gasteiger partial charge in [-0.05, 0) is 30.0 Å². The van der Waals surface area contributed by atoms with Crippen molar-refractivity contribution in [3.63, 3.8) is 0 Å². The fourth-order valence-corrected chi connectivity index (χ4v) is 2.88. The number of aromatic nitrogens is 3. The van der Waals surface area contributed by atoms with Crippen LogP contribution in [0.2, 0.25) is 5.15 Å². The standard InChI is InChI=1S/C13H9ClN4S/c14-11-7-12(15)18-13(17-11)19-10-5-1-4-9-8(10)3-2-6-16-9/h1-7H,(H2,15,17,18). The molecule has 4 nitrogen and oxygen atoms in total. The molecule has 19 heavy (non-hydrogen) atoms. The number of hydrogen-bond donors (Lipinski definition) is 1. The molecule has 94 valence electrons. The maximum Gasteiger partial charge on any atom is 0.195 e. The second kappa shape index (κ2) is 5.03. The van der Waals surface area contributed by atoms with E-state index in [4.69, 9.17) is 17.3 Å². The number of anilines is 1. The molecule has 0 fully saturated rings. The lowest BCUT2D eigenvalue weighted by atomic mass is 10.2. The lowest BCUT2D eigenvalue weighted by molar-refractivity contribution is 0.977. The lowest BCUT2D eigenvalue weighted by Gasteiger charge is -2.05. The zero-order valence-corrected chi connectivity index (χ0v) is 11.3. The van der Waals surface area contributed by atoms with Gasteiger partial charge >= 0.3 is 0 Å². The van der Waals surface area contributed by atoms with E-state index >= 15 is 0 Å². The molecule has 0 bridgehead atoms. The monoisotopic (exact) mass is 288 g/mol. The number of halogens is 1. The summed E-state index contributed by atoms with van der Waals surface area (Å²) in [5.41, 5.74) is 6.60. The minimum atomic E-state index is 0.341. The van der Waals surface area contributed by atoms with Gasteiger partial charge in [0.25, 0.3) is 0 Å². The number of rotatable bonds is 2. The van der Waals surface area contributed by atoms with E-state index in [1.807, 2.05) is 30.3 Å². The number of nitrogen functional groups attached to an aromatic ring is 1. The molecular formula is C13H9ClN4S. The third kappa shape index (κ3) is 2.62. The van der Waals surface area contributed by atoms with E-state index in [0.717, 1.165) is 15.8 Å². The summed E-state index contributed by atoms with van der Waals surface area (Å²) in [4.78, 5) is 13.6. The predicted molar refractivity (Wildman–Crippen MR) is 77.3 cm³/mol. The highest BCUT2D eigenvalue weighted by atomic mass is 35.5. The highest BCUT2D eigenvalue weighted by Gasteiger charge is 2.07. The molecule has 0 aliphatic rings. The van der Waals surface area contributed by atoms with Gasteiger partial charge in [0.1, 0.15) is 11.0 Å². The van der Waals surface area contributed by atoms with Crippen molar-refractivity contribution in [1.29, 1.82) is 0 Å². The number of nitrogens with zero attached hydrogens (tertiary/aromatic N) is 3. The van der Waals surface area contributed by atoms with Gasteiger partial charge in [-0.2, -0.15) is 0 Å². The molecule has 0 saturated carbocycles. The highest BCUT2D eigenvalue weighted by molar-refractivity contribution is 7.99. The number of fused-ring (bicyclic) bond motifs is 1. The Bertz CT molecular complexity index is 722. The van der Waals surface area contributed by atoms with Crippen LogP contribution < -0.4 is 5.73 Å². The van der Waals surface area contributed by atoms with Crippen LogP contribution in [-0.4, -0.2) is 15.0 Å². The van der Waals surface area contributed by atoms with Crippen LogP contribution in [0.25, 0.3) is 10.9 Å². The minimum Gasteiger partial charge on any atom is -0.384 e. The van der Waals surface area contributed by atoms with Gasteiger partial charge in [0, 0.05) is 22.5 Å². The summed E-state index contributed by atoms with van der Waals surface area (Å²) < 4.78 is 0. The molecule has 2 aromatic heterocycles. The van der Waals surface area contributed by atoms with E-state index in [2.05, 4.69) is 15.0 Å². The van der Waals surface area contributed by atoms with E-state index in [1.54, 1.807) is 6.20 Å². The fourth-order valence-electron chi connectivity index (χ4n) is 1.72. The average molecular weight is 289 g/mol. The average Bonchev–Trinajstić information content (AvgIpc) is 2.38. The topological polar surface area (TPSA) is 64.7 Å². The molecule has 3 rings (SSSR count). The van der Waals surface area contributed by atoms with Gasteiger partial charge in [0.15, 0.2) is 5.16 Å². The Morgan fingerprint density at radius 1 is 1.11 bits per heavy atom. The number of hydrogen-bond acceptors (Lipinski definition) is 5. The first-order chi connectivity index (χ1) is 9.22. The van der Waals surface area contributed by atoms with Crippen molar-refractivity contribution < 1.29 is 0 Å². The summed E-state index contributed by atoms with van der Waals surface area (Å²) in [6.07, 6.45) is 1.77. The maximum absolute atomic E-state index is 5.88. The maximum atomic E-state index is 5.88. The Balaban J connectivity index is 2.05. The molecule has 2 N–H and O–H groups in total. The van der Waals surface area contributed by atoms with Crippen molar-refractivity contribution >= 4 is 40.1 Å². The van der Waals surface area contributed by atoms with Crippen molar-refractivity contribution in [2.75, 3.05) is 5.73 Å². The lowest BCUT2D eigenvalue weighted by Crippen LogP contribution is -1.94. The third-order valence-corrected chi connectivity index (χ3v) is 3.64. The van der Waals surface area contributed by atoms with E-state index in [9.17, 15) is 0 Å². The van der Waals surface area contributed by atoms with E-state index < -0.39 is 0 Å². The second-order valence-corrected chi connectivity index (χ2v) is 5.22. The minimum absolute atomic E-state index is 0.341. The molecule has 1 aromatic carbocycles. The number of pyridine rings is 1. The highest BCUT2D eigenvalue weighted by Crippen LogP contribution is 2.31. The fraction of sp³-hybridized carbons (Fsp3) is 0. The van der Waals surface area contributed by atoms with Crippen molar-refractivity contribution in [2.24, 2.45) is 0 Å². The van der Waals surface area contributed by atoms with Gasteiger partial charge in [-0.15, -0.1) is 0 Å². The SMILES string of the molecule is Nc1cc(Cl)nc(Sc2cccc3ncccc23)n1. The summed E-state index contributed by atoms with van der Waals surface area (Å²) in [5.74, 6) is 0.362. The van der Waals surface area contributed by atoms with Gasteiger partial charge < -0.3 is 5.73 Å². The zero-order chi connectivity index (χ0) is 13.2. The van der Waals surface area contributed by atoms with Gasteiger partial charge in [0.05, 0.1) is 5.52 Å². The summed E-state index contributed by atoms with van der Waals surface area (Å²) in [6, 6.07) is 11.3. The van der Waals surface area contributed by atoms with Crippen molar-refractivity contribution in [3.8, 4) is 0 Å². The van der Waals surface area contributed by atoms with E-state index in [0.29, 0.717) is 16.1 Å². The summed E-state index contributed by atoms with van der Waals surface area (Å²) in [6.45, 7) is 0. The van der Waals surface area contributed by atoms with Gasteiger partial charge in [-0.25, -0.2) is 9.97 Å². The normalized spacial score (nSPS) is 10.8. The smallest absolute Gasteiger partial charge is 0.195 e. The molecule has 0 saturated heterocycles. The molecule has 0 unspecified atom stereocenters. The Morgan fingerprint density at radius 2 is 2.00 bits per heavy atom. The number of benzene rings is 1. The number of nitrogens with two attached hydrogens (primary N) is 1. The van der Waals surface area contributed by atoms with Crippen LogP contribution in [0.1, 0.15) is 0 Å². The molecule has 0 aliphatic heterocycles. The first-order valence-electron chi connectivity index (χ1n) is 5.54. The Labute approximate surface area is 119 Å². The van der Waals surface area contributed by atoms with Gasteiger partial charge in [-0.1, -0.05) is 23.7 Å². The summed E-state index contributed by atoms with van der Waals surface area (Å²) in [5, 5.41) is 1.92. The van der Waals surface area contributed by atoms with Crippen LogP contribution in [-0.2, 0) is 0 Å². The summed E-state index contributed by atoms with van der Waals surface area (Å²) >= 11 is 7.30. The van der Waals surface area contributed by atoms with Gasteiger partial charge in [-0.3, -0.25) is 4.98 Å². The van der Waals surface area contributed by atoms with Crippen LogP contribution >= 0.6 is 23.4 Å². The van der Waals surface area contributed by atoms with Crippen LogP contribution in [0.5, 0.6) is 0 Å². The van der Waals surface area contributed by atoms with Crippen LogP contribution in [0.3, 0.4) is 0 Å². The van der Waals surface area contributed by atoms with Crippen molar-refractivity contribution in [2.45, 2.75) is 10.1 Å². The quantitative estimate of drug-likeness (QED) is 0.578. The molecule has 0 radical (unpaired) electrons. The predicted octanol–water partition coefficient (Wildman–Crippen LogP) is 3.41. The van der Waals surface area contributed by atoms with Crippen molar-refractivity contribution in [1.82, 2.24) is 15.0 Å². The zero-order valence-electron chi connectivity index (χ0n) is 9.75. The van der Waals surface area contributed by atoms with Gasteiger partial charge in [0.2, 0.25) is 0 Å². The van der Waals surface area contributed by atoms with Crippen molar-refractivity contribution in [3.05, 3.63) is 47.7 Å². The molecule has 0 amide bonds. The third-order valence-electron chi connectivity index (χ3n) is 2.50. The molecular weight excluding hydrogens is 280 g/mol. The second-order valence-electron chi connectivity index (χ2n) is 3.83. The van der Waals surface area contributed by atoms with Crippen LogP contribution in [0.4, 0.5) is 5.82 Å². The molecule has 6 heteroatoms. The molecule has 0 aliphatic carbocycles. The van der Waals surface area contributed by atoms with Crippen LogP contribution in [0, 0.1) is 0 Å². The first-order valence-corrected chi connectivity index (χ1v) is 6.73. The molecule has 0 atom stereocenters. The molecule has 0 spiro atoms. The summed E-state index contributed by atoms with van der Waals surface area (Å²) in [7, 11) is 0. The Hall–Kier alpha value is -1.85.